The molecule has 0 aromatic heterocycles. The molecule has 2 rings (SSSR count). The molecule has 1 saturated heterocycles. The lowest BCUT2D eigenvalue weighted by molar-refractivity contribution is 0.0106. The van der Waals surface area contributed by atoms with E-state index in [1.807, 2.05) is 24.3 Å². The summed E-state index contributed by atoms with van der Waals surface area (Å²) >= 11 is 0. The monoisotopic (exact) mass is 250 g/mol. The molecule has 1 aromatic carbocycles. The maximum Gasteiger partial charge on any atom is 0.170 e. The van der Waals surface area contributed by atoms with Crippen molar-refractivity contribution in [2.75, 3.05) is 26.3 Å². The van der Waals surface area contributed by atoms with Gasteiger partial charge in [0.1, 0.15) is 0 Å². The van der Waals surface area contributed by atoms with E-state index < -0.39 is 0 Å². The normalized spacial score (nSPS) is 17.9. The summed E-state index contributed by atoms with van der Waals surface area (Å²) in [5.74, 6) is 0.127. The molecule has 0 aliphatic carbocycles. The average Bonchev–Trinajstić information content (AvgIpc) is 2.46. The van der Waals surface area contributed by atoms with Gasteiger partial charge < -0.3 is 15.7 Å². The predicted molar refractivity (Wildman–Crippen MR) is 68.2 cm³/mol. The third-order valence-electron chi connectivity index (χ3n) is 2.88. The van der Waals surface area contributed by atoms with Crippen LogP contribution >= 0.6 is 0 Å². The topological polar surface area (TPSA) is 83.1 Å². The summed E-state index contributed by atoms with van der Waals surface area (Å²) in [6.45, 7) is 4.12. The van der Waals surface area contributed by atoms with E-state index >= 15 is 0 Å². The van der Waals surface area contributed by atoms with Gasteiger partial charge in [-0.05, 0) is 5.56 Å². The lowest BCUT2D eigenvalue weighted by Crippen LogP contribution is -2.45. The van der Waals surface area contributed by atoms with Crippen LogP contribution in [0.3, 0.4) is 0 Å². The average molecular weight is 250 g/mol. The van der Waals surface area contributed by atoms with Crippen LogP contribution in [-0.4, -0.2) is 42.4 Å². The van der Waals surface area contributed by atoms with Gasteiger partial charge in [-0.1, -0.05) is 29.4 Å². The molecule has 0 spiro atoms. The quantitative estimate of drug-likeness (QED) is 0.306. The molecule has 1 aliphatic rings. The Morgan fingerprint density at radius 2 is 2.00 bits per heavy atom. The molecule has 0 amide bonds. The summed E-state index contributed by atoms with van der Waals surface area (Å²) in [6.07, 6.45) is 0. The lowest BCUT2D eigenvalue weighted by atomic mass is 10.1. The van der Waals surface area contributed by atoms with Crippen LogP contribution < -0.4 is 11.2 Å². The van der Waals surface area contributed by atoms with Gasteiger partial charge in [0.15, 0.2) is 5.84 Å². The van der Waals surface area contributed by atoms with Gasteiger partial charge in [0, 0.05) is 25.2 Å². The highest BCUT2D eigenvalue weighted by Crippen LogP contribution is 2.04. The van der Waals surface area contributed by atoms with Gasteiger partial charge in [-0.3, -0.25) is 5.43 Å². The van der Waals surface area contributed by atoms with Crippen molar-refractivity contribution in [1.82, 2.24) is 10.4 Å². The Labute approximate surface area is 106 Å². The number of benzene rings is 1. The zero-order chi connectivity index (χ0) is 12.8. The molecule has 0 unspecified atom stereocenters. The molecule has 0 radical (unpaired) electrons. The molecule has 1 fully saturated rings. The summed E-state index contributed by atoms with van der Waals surface area (Å²) in [6, 6.07) is 7.60. The van der Waals surface area contributed by atoms with Gasteiger partial charge in [0.25, 0.3) is 0 Å². The second-order valence-electron chi connectivity index (χ2n) is 4.12. The molecule has 4 N–H and O–H groups in total. The van der Waals surface area contributed by atoms with Crippen LogP contribution in [0, 0.1) is 0 Å². The van der Waals surface area contributed by atoms with E-state index in [4.69, 9.17) is 15.7 Å². The van der Waals surface area contributed by atoms with Crippen LogP contribution in [0.25, 0.3) is 0 Å². The molecule has 98 valence electrons. The number of rotatable bonds is 4. The number of oxime groups is 1. The molecule has 6 nitrogen and oxygen atoms in total. The molecule has 0 bridgehead atoms. The highest BCUT2D eigenvalue weighted by Gasteiger charge is 2.09. The van der Waals surface area contributed by atoms with Crippen molar-refractivity contribution in [2.45, 2.75) is 6.54 Å². The molecule has 1 heterocycles. The number of hydrogen-bond acceptors (Lipinski definition) is 5. The predicted octanol–water partition coefficient (Wildman–Crippen LogP) is 0.118. The van der Waals surface area contributed by atoms with Crippen LogP contribution in [0.1, 0.15) is 11.1 Å². The van der Waals surface area contributed by atoms with Crippen LogP contribution in [0.2, 0.25) is 0 Å². The highest BCUT2D eigenvalue weighted by molar-refractivity contribution is 5.96. The van der Waals surface area contributed by atoms with Crippen molar-refractivity contribution in [2.24, 2.45) is 10.9 Å². The van der Waals surface area contributed by atoms with Crippen LogP contribution in [0.4, 0.5) is 0 Å². The maximum atomic E-state index is 8.56. The second-order valence-corrected chi connectivity index (χ2v) is 4.12. The van der Waals surface area contributed by atoms with Crippen LogP contribution in [0.15, 0.2) is 29.4 Å². The van der Waals surface area contributed by atoms with Gasteiger partial charge >= 0.3 is 0 Å². The van der Waals surface area contributed by atoms with Crippen molar-refractivity contribution >= 4 is 5.84 Å². The number of amidine groups is 1. The maximum absolute atomic E-state index is 8.56. The first-order chi connectivity index (χ1) is 8.79. The second kappa shape index (κ2) is 6.34. The number of ether oxygens (including phenoxy) is 1. The Balaban J connectivity index is 1.86. The molecule has 6 heteroatoms. The first-order valence-corrected chi connectivity index (χ1v) is 5.92. The van der Waals surface area contributed by atoms with E-state index in [0.29, 0.717) is 5.56 Å². The lowest BCUT2D eigenvalue weighted by Gasteiger charge is -2.27. The fourth-order valence-electron chi connectivity index (χ4n) is 1.78. The zero-order valence-corrected chi connectivity index (χ0v) is 10.2. The van der Waals surface area contributed by atoms with Crippen LogP contribution in [-0.2, 0) is 11.3 Å². The number of nitrogens with one attached hydrogen (secondary N) is 1. The van der Waals surface area contributed by atoms with Crippen molar-refractivity contribution in [3.8, 4) is 0 Å². The van der Waals surface area contributed by atoms with Gasteiger partial charge in [-0.25, -0.2) is 5.01 Å². The Hall–Kier alpha value is -1.63. The number of morpholine rings is 1. The highest BCUT2D eigenvalue weighted by atomic mass is 16.5. The molecular formula is C12H18N4O2. The SMILES string of the molecule is N/C(=N/O)c1ccc(CNN2CCOCC2)cc1. The molecule has 0 atom stereocenters. The number of hydrazine groups is 1. The number of hydrogen-bond donors (Lipinski definition) is 3. The van der Waals surface area contributed by atoms with E-state index in [0.717, 1.165) is 38.4 Å². The number of nitrogens with two attached hydrogens (primary N) is 1. The van der Waals surface area contributed by atoms with Gasteiger partial charge in [-0.15, -0.1) is 0 Å². The molecule has 18 heavy (non-hydrogen) atoms. The Kier molecular flexibility index (Phi) is 4.52. The van der Waals surface area contributed by atoms with Crippen LogP contribution in [0.5, 0.6) is 0 Å². The standard InChI is InChI=1S/C12H18N4O2/c13-12(15-17)11-3-1-10(2-4-11)9-14-16-5-7-18-8-6-16/h1-4,14,17H,5-9H2,(H2,13,15). The Bertz CT molecular complexity index is 399. The molecule has 1 aliphatic heterocycles. The minimum absolute atomic E-state index is 0.127. The van der Waals surface area contributed by atoms with Gasteiger partial charge in [0.2, 0.25) is 0 Å². The summed E-state index contributed by atoms with van der Waals surface area (Å²) < 4.78 is 5.27. The van der Waals surface area contributed by atoms with Crippen molar-refractivity contribution < 1.29 is 9.94 Å². The summed E-state index contributed by atoms with van der Waals surface area (Å²) in [5, 5.41) is 13.7. The summed E-state index contributed by atoms with van der Waals surface area (Å²) in [4.78, 5) is 0. The number of nitrogens with zero attached hydrogens (tertiary/aromatic N) is 2. The molecule has 1 aromatic rings. The Morgan fingerprint density at radius 3 is 2.61 bits per heavy atom. The smallest absolute Gasteiger partial charge is 0.170 e. The fraction of sp³-hybridized carbons (Fsp3) is 0.417. The Morgan fingerprint density at radius 1 is 1.33 bits per heavy atom. The largest absolute Gasteiger partial charge is 0.409 e. The third kappa shape index (κ3) is 3.43. The van der Waals surface area contributed by atoms with E-state index in [1.165, 1.54) is 0 Å². The third-order valence-corrected chi connectivity index (χ3v) is 2.88. The van der Waals surface area contributed by atoms with E-state index in [-0.39, 0.29) is 5.84 Å². The molecule has 0 saturated carbocycles. The van der Waals surface area contributed by atoms with E-state index in [9.17, 15) is 0 Å². The fourth-order valence-corrected chi connectivity index (χ4v) is 1.78. The summed E-state index contributed by atoms with van der Waals surface area (Å²) in [7, 11) is 0. The minimum atomic E-state index is 0.127. The minimum Gasteiger partial charge on any atom is -0.409 e. The first-order valence-electron chi connectivity index (χ1n) is 5.92. The van der Waals surface area contributed by atoms with Gasteiger partial charge in [0.05, 0.1) is 13.2 Å². The van der Waals surface area contributed by atoms with Crippen molar-refractivity contribution in [3.63, 3.8) is 0 Å². The summed E-state index contributed by atoms with van der Waals surface area (Å²) in [5.41, 5.74) is 10.7. The van der Waals surface area contributed by atoms with E-state index in [2.05, 4.69) is 15.6 Å². The molecular weight excluding hydrogens is 232 g/mol. The van der Waals surface area contributed by atoms with Crippen molar-refractivity contribution in [1.29, 1.82) is 0 Å². The van der Waals surface area contributed by atoms with E-state index in [1.54, 1.807) is 0 Å². The zero-order valence-electron chi connectivity index (χ0n) is 10.2. The van der Waals surface area contributed by atoms with Gasteiger partial charge in [-0.2, -0.15) is 0 Å². The van der Waals surface area contributed by atoms with Crippen molar-refractivity contribution in [3.05, 3.63) is 35.4 Å². The first kappa shape index (κ1) is 12.8.